The normalized spacial score (nSPS) is 16.9. The van der Waals surface area contributed by atoms with Gasteiger partial charge in [0.25, 0.3) is 0 Å². The van der Waals surface area contributed by atoms with E-state index in [1.54, 1.807) is 6.08 Å². The zero-order valence-electron chi connectivity index (χ0n) is 14.8. The number of nitrogens with zero attached hydrogens (tertiary/aromatic N) is 1. The Bertz CT molecular complexity index is 670. The van der Waals surface area contributed by atoms with Crippen molar-refractivity contribution in [1.82, 2.24) is 0 Å². The van der Waals surface area contributed by atoms with Gasteiger partial charge in [-0.25, -0.2) is 0 Å². The molecule has 0 aromatic heterocycles. The summed E-state index contributed by atoms with van der Waals surface area (Å²) in [5.74, 6) is 0. The lowest BCUT2D eigenvalue weighted by molar-refractivity contribution is 0.284. The highest BCUT2D eigenvalue weighted by Gasteiger charge is 2.27. The Morgan fingerprint density at radius 1 is 1.04 bits per heavy atom. The first kappa shape index (κ1) is 17.2. The third-order valence-electron chi connectivity index (χ3n) is 3.83. The number of hydrogen-bond donors (Lipinski definition) is 2. The summed E-state index contributed by atoms with van der Waals surface area (Å²) in [5.41, 5.74) is 6.78. The van der Waals surface area contributed by atoms with Gasteiger partial charge in [0, 0.05) is 0 Å². The molecule has 1 aromatic rings. The van der Waals surface area contributed by atoms with E-state index in [-0.39, 0.29) is 10.8 Å². The lowest BCUT2D eigenvalue weighted by atomic mass is 9.72. The molecule has 1 aliphatic rings. The van der Waals surface area contributed by atoms with Gasteiger partial charge in [-0.2, -0.15) is 5.10 Å². The van der Waals surface area contributed by atoms with Crippen LogP contribution in [0.25, 0.3) is 0 Å². The molecule has 0 amide bonds. The van der Waals surface area contributed by atoms with Crippen molar-refractivity contribution < 1.29 is 0 Å². The van der Waals surface area contributed by atoms with E-state index in [4.69, 9.17) is 5.41 Å². The third kappa shape index (κ3) is 4.92. The summed E-state index contributed by atoms with van der Waals surface area (Å²) >= 11 is 0. The van der Waals surface area contributed by atoms with Crippen molar-refractivity contribution in [2.45, 2.75) is 46.5 Å². The molecule has 0 saturated carbocycles. The quantitative estimate of drug-likeness (QED) is 0.574. The number of hydrogen-bond acceptors (Lipinski definition) is 3. The van der Waals surface area contributed by atoms with Gasteiger partial charge in [0.1, 0.15) is 5.71 Å². The van der Waals surface area contributed by atoms with Crippen LogP contribution in [-0.4, -0.2) is 11.4 Å². The Balaban J connectivity index is 2.17. The molecular formula is C20H27N3. The van der Waals surface area contributed by atoms with E-state index in [2.05, 4.69) is 63.3 Å². The minimum absolute atomic E-state index is 0.100. The molecule has 0 radical (unpaired) electrons. The molecule has 3 nitrogen and oxygen atoms in total. The fraction of sp³-hybridized carbons (Fsp3) is 0.400. The SMILES string of the molecule is CC(C)(C)CC(C)(C)c1cccc(N/N=C2/C=CC=CC2=N)c1. The third-order valence-corrected chi connectivity index (χ3v) is 3.83. The summed E-state index contributed by atoms with van der Waals surface area (Å²) in [6.07, 6.45) is 8.42. The molecule has 0 heterocycles. The van der Waals surface area contributed by atoms with Gasteiger partial charge in [-0.3, -0.25) is 10.8 Å². The lowest BCUT2D eigenvalue weighted by Gasteiger charge is -2.33. The van der Waals surface area contributed by atoms with Crippen molar-refractivity contribution >= 4 is 17.1 Å². The summed E-state index contributed by atoms with van der Waals surface area (Å²) in [7, 11) is 0. The summed E-state index contributed by atoms with van der Waals surface area (Å²) in [6.45, 7) is 11.4. The highest BCUT2D eigenvalue weighted by Crippen LogP contribution is 2.36. The van der Waals surface area contributed by atoms with E-state index in [1.807, 2.05) is 24.3 Å². The molecule has 2 N–H and O–H groups in total. The van der Waals surface area contributed by atoms with Crippen LogP contribution in [0.3, 0.4) is 0 Å². The molecule has 23 heavy (non-hydrogen) atoms. The average Bonchev–Trinajstić information content (AvgIpc) is 2.44. The monoisotopic (exact) mass is 309 g/mol. The van der Waals surface area contributed by atoms with Crippen LogP contribution < -0.4 is 5.43 Å². The van der Waals surface area contributed by atoms with Crippen LogP contribution in [-0.2, 0) is 5.41 Å². The molecule has 1 aromatic carbocycles. The Hall–Kier alpha value is -2.16. The minimum Gasteiger partial charge on any atom is -0.299 e. The smallest absolute Gasteiger partial charge is 0.108 e. The van der Waals surface area contributed by atoms with E-state index < -0.39 is 0 Å². The van der Waals surface area contributed by atoms with Crippen LogP contribution in [0.2, 0.25) is 0 Å². The van der Waals surface area contributed by atoms with Crippen molar-refractivity contribution in [3.8, 4) is 0 Å². The number of hydrazone groups is 1. The molecule has 0 fully saturated rings. The van der Waals surface area contributed by atoms with E-state index in [0.29, 0.717) is 11.4 Å². The highest BCUT2D eigenvalue weighted by molar-refractivity contribution is 6.50. The fourth-order valence-electron chi connectivity index (χ4n) is 3.13. The Kier molecular flexibility index (Phi) is 4.88. The predicted molar refractivity (Wildman–Crippen MR) is 101 cm³/mol. The maximum atomic E-state index is 7.84. The molecule has 3 heteroatoms. The zero-order valence-corrected chi connectivity index (χ0v) is 14.8. The molecule has 0 saturated heterocycles. The summed E-state index contributed by atoms with van der Waals surface area (Å²) < 4.78 is 0. The van der Waals surface area contributed by atoms with Gasteiger partial charge in [0.05, 0.1) is 11.4 Å². The van der Waals surface area contributed by atoms with Crippen LogP contribution in [0.5, 0.6) is 0 Å². The molecule has 0 atom stereocenters. The standard InChI is InChI=1S/C20H27N3/c1-19(2,3)14-20(4,5)15-9-8-10-16(13-15)22-23-18-12-7-6-11-17(18)21/h6-13,21-22H,14H2,1-5H3/b21-17?,23-18-. The number of benzene rings is 1. The van der Waals surface area contributed by atoms with Crippen molar-refractivity contribution in [2.24, 2.45) is 10.5 Å². The highest BCUT2D eigenvalue weighted by atomic mass is 15.3. The van der Waals surface area contributed by atoms with Gasteiger partial charge < -0.3 is 0 Å². The second kappa shape index (κ2) is 6.53. The molecule has 1 aliphatic carbocycles. The maximum absolute atomic E-state index is 7.84. The van der Waals surface area contributed by atoms with Crippen molar-refractivity contribution in [3.05, 3.63) is 54.1 Å². The van der Waals surface area contributed by atoms with Gasteiger partial charge in [-0.05, 0) is 47.1 Å². The Morgan fingerprint density at radius 3 is 2.39 bits per heavy atom. The van der Waals surface area contributed by atoms with Crippen LogP contribution in [0.4, 0.5) is 5.69 Å². The molecule has 2 rings (SSSR count). The first-order valence-corrected chi connectivity index (χ1v) is 8.05. The molecule has 0 aliphatic heterocycles. The second-order valence-corrected chi connectivity index (χ2v) is 7.94. The van der Waals surface area contributed by atoms with Crippen molar-refractivity contribution in [1.29, 1.82) is 5.41 Å². The number of nitrogens with one attached hydrogen (secondary N) is 2. The summed E-state index contributed by atoms with van der Waals surface area (Å²) in [6, 6.07) is 8.40. The topological polar surface area (TPSA) is 48.2 Å². The molecule has 0 spiro atoms. The second-order valence-electron chi connectivity index (χ2n) is 7.94. The van der Waals surface area contributed by atoms with Gasteiger partial charge in [0.15, 0.2) is 0 Å². The zero-order chi connectivity index (χ0) is 17.1. The van der Waals surface area contributed by atoms with E-state index in [9.17, 15) is 0 Å². The van der Waals surface area contributed by atoms with Gasteiger partial charge >= 0.3 is 0 Å². The first-order valence-electron chi connectivity index (χ1n) is 8.05. The van der Waals surface area contributed by atoms with Gasteiger partial charge in [-0.15, -0.1) is 0 Å². The molecular weight excluding hydrogens is 282 g/mol. The summed E-state index contributed by atoms with van der Waals surface area (Å²) in [4.78, 5) is 0. The van der Waals surface area contributed by atoms with Crippen LogP contribution in [0.15, 0.2) is 53.7 Å². The maximum Gasteiger partial charge on any atom is 0.108 e. The number of anilines is 1. The molecule has 122 valence electrons. The van der Waals surface area contributed by atoms with E-state index >= 15 is 0 Å². The van der Waals surface area contributed by atoms with Crippen LogP contribution >= 0.6 is 0 Å². The lowest BCUT2D eigenvalue weighted by Crippen LogP contribution is -2.24. The predicted octanol–water partition coefficient (Wildman–Crippen LogP) is 5.31. The fourth-order valence-corrected chi connectivity index (χ4v) is 3.13. The minimum atomic E-state index is 0.100. The molecule has 0 unspecified atom stereocenters. The summed E-state index contributed by atoms with van der Waals surface area (Å²) in [5, 5.41) is 12.2. The Morgan fingerprint density at radius 2 is 1.74 bits per heavy atom. The van der Waals surface area contributed by atoms with Crippen LogP contribution in [0.1, 0.15) is 46.6 Å². The van der Waals surface area contributed by atoms with Crippen molar-refractivity contribution in [2.75, 3.05) is 5.43 Å². The largest absolute Gasteiger partial charge is 0.299 e. The van der Waals surface area contributed by atoms with Gasteiger partial charge in [-0.1, -0.05) is 58.9 Å². The first-order chi connectivity index (χ1) is 10.7. The van der Waals surface area contributed by atoms with Crippen molar-refractivity contribution in [3.63, 3.8) is 0 Å². The van der Waals surface area contributed by atoms with E-state index in [1.165, 1.54) is 5.56 Å². The molecule has 0 bridgehead atoms. The van der Waals surface area contributed by atoms with Gasteiger partial charge in [0.2, 0.25) is 0 Å². The Labute approximate surface area is 139 Å². The van der Waals surface area contributed by atoms with E-state index in [0.717, 1.165) is 12.1 Å². The number of rotatable bonds is 4. The van der Waals surface area contributed by atoms with Crippen LogP contribution in [0, 0.1) is 10.8 Å². The average molecular weight is 309 g/mol. The number of allylic oxidation sites excluding steroid dienone is 4.